The number of morpholine rings is 1. The number of carbonyl (C=O) groups excluding carboxylic acids is 1. The van der Waals surface area contributed by atoms with Crippen molar-refractivity contribution in [2.45, 2.75) is 19.8 Å². The number of aromatic nitrogens is 2. The Kier molecular flexibility index (Phi) is 5.89. The SMILES string of the molecule is Cc1ccc(NC(=O)C2CCN(c3cnc(N4CCOCC4)nc3)CC2)c(F)c1. The monoisotopic (exact) mass is 399 g/mol. The summed E-state index contributed by atoms with van der Waals surface area (Å²) in [6.07, 6.45) is 5.12. The number of anilines is 3. The molecule has 8 heteroatoms. The predicted molar refractivity (Wildman–Crippen MR) is 110 cm³/mol. The number of piperidine rings is 1. The highest BCUT2D eigenvalue weighted by atomic mass is 19.1. The van der Waals surface area contributed by atoms with Crippen LogP contribution in [0.3, 0.4) is 0 Å². The fourth-order valence-electron chi connectivity index (χ4n) is 3.76. The number of nitrogens with one attached hydrogen (secondary N) is 1. The first-order valence-corrected chi connectivity index (χ1v) is 10.1. The van der Waals surface area contributed by atoms with Crippen LogP contribution in [0.1, 0.15) is 18.4 Å². The van der Waals surface area contributed by atoms with E-state index in [0.29, 0.717) is 26.1 Å². The zero-order valence-corrected chi connectivity index (χ0v) is 16.6. The van der Waals surface area contributed by atoms with E-state index in [-0.39, 0.29) is 17.5 Å². The molecule has 2 saturated heterocycles. The van der Waals surface area contributed by atoms with Gasteiger partial charge in [0.2, 0.25) is 11.9 Å². The molecule has 2 aromatic rings. The molecule has 0 spiro atoms. The molecule has 1 aromatic heterocycles. The highest BCUT2D eigenvalue weighted by molar-refractivity contribution is 5.92. The van der Waals surface area contributed by atoms with Gasteiger partial charge in [-0.1, -0.05) is 6.07 Å². The molecule has 0 saturated carbocycles. The van der Waals surface area contributed by atoms with Crippen LogP contribution in [0.4, 0.5) is 21.7 Å². The highest BCUT2D eigenvalue weighted by Crippen LogP contribution is 2.25. The Morgan fingerprint density at radius 3 is 2.45 bits per heavy atom. The van der Waals surface area contributed by atoms with Gasteiger partial charge in [0.25, 0.3) is 0 Å². The Morgan fingerprint density at radius 1 is 1.10 bits per heavy atom. The molecule has 2 aliphatic rings. The molecule has 0 aliphatic carbocycles. The van der Waals surface area contributed by atoms with Gasteiger partial charge in [-0.25, -0.2) is 14.4 Å². The maximum absolute atomic E-state index is 14.0. The van der Waals surface area contributed by atoms with Crippen LogP contribution in [0, 0.1) is 18.7 Å². The van der Waals surface area contributed by atoms with Gasteiger partial charge in [0.15, 0.2) is 0 Å². The quantitative estimate of drug-likeness (QED) is 0.852. The summed E-state index contributed by atoms with van der Waals surface area (Å²) in [6.45, 7) is 6.33. The molecule has 1 N–H and O–H groups in total. The summed E-state index contributed by atoms with van der Waals surface area (Å²) in [5, 5.41) is 2.73. The second kappa shape index (κ2) is 8.73. The molecule has 1 aromatic carbocycles. The summed E-state index contributed by atoms with van der Waals surface area (Å²) in [5.74, 6) is 0.0894. The van der Waals surface area contributed by atoms with Crippen LogP contribution in [0.15, 0.2) is 30.6 Å². The number of benzene rings is 1. The number of aryl methyl sites for hydroxylation is 1. The third-order valence-corrected chi connectivity index (χ3v) is 5.53. The number of hydrogen-bond donors (Lipinski definition) is 1. The number of halogens is 1. The van der Waals surface area contributed by atoms with E-state index >= 15 is 0 Å². The van der Waals surface area contributed by atoms with Gasteiger partial charge in [0, 0.05) is 32.1 Å². The summed E-state index contributed by atoms with van der Waals surface area (Å²) in [4.78, 5) is 25.8. The van der Waals surface area contributed by atoms with E-state index in [2.05, 4.69) is 25.1 Å². The molecule has 0 bridgehead atoms. The Labute approximate surface area is 169 Å². The van der Waals surface area contributed by atoms with Crippen LogP contribution in [0.5, 0.6) is 0 Å². The molecule has 2 aliphatic heterocycles. The fourth-order valence-corrected chi connectivity index (χ4v) is 3.76. The molecule has 1 amide bonds. The standard InChI is InChI=1S/C21H26FN5O2/c1-15-2-3-19(18(22)12-15)25-20(28)16-4-6-26(7-5-16)17-13-23-21(24-14-17)27-8-10-29-11-9-27/h2-3,12-14,16H,4-11H2,1H3,(H,25,28). The molecule has 2 fully saturated rings. The van der Waals surface area contributed by atoms with Crippen molar-refractivity contribution in [1.29, 1.82) is 0 Å². The van der Waals surface area contributed by atoms with E-state index in [4.69, 9.17) is 4.74 Å². The molecular weight excluding hydrogens is 373 g/mol. The molecule has 0 unspecified atom stereocenters. The molecule has 0 radical (unpaired) electrons. The Morgan fingerprint density at radius 2 is 1.79 bits per heavy atom. The van der Waals surface area contributed by atoms with Gasteiger partial charge in [-0.15, -0.1) is 0 Å². The van der Waals surface area contributed by atoms with Gasteiger partial charge in [-0.05, 0) is 37.5 Å². The van der Waals surface area contributed by atoms with Crippen molar-refractivity contribution < 1.29 is 13.9 Å². The summed E-state index contributed by atoms with van der Waals surface area (Å²) >= 11 is 0. The first kappa shape index (κ1) is 19.6. The maximum Gasteiger partial charge on any atom is 0.227 e. The zero-order valence-electron chi connectivity index (χ0n) is 16.6. The third-order valence-electron chi connectivity index (χ3n) is 5.53. The van der Waals surface area contributed by atoms with Gasteiger partial charge in [0.1, 0.15) is 5.82 Å². The van der Waals surface area contributed by atoms with Gasteiger partial charge in [-0.3, -0.25) is 4.79 Å². The number of ether oxygens (including phenoxy) is 1. The van der Waals surface area contributed by atoms with Crippen molar-refractivity contribution in [1.82, 2.24) is 9.97 Å². The average Bonchev–Trinajstić information content (AvgIpc) is 2.76. The number of carbonyl (C=O) groups is 1. The molecule has 7 nitrogen and oxygen atoms in total. The largest absolute Gasteiger partial charge is 0.378 e. The van der Waals surface area contributed by atoms with Gasteiger partial charge in [0.05, 0.1) is 37.0 Å². The van der Waals surface area contributed by atoms with Crippen molar-refractivity contribution in [3.8, 4) is 0 Å². The Balaban J connectivity index is 1.31. The van der Waals surface area contributed by atoms with Gasteiger partial charge >= 0.3 is 0 Å². The lowest BCUT2D eigenvalue weighted by molar-refractivity contribution is -0.120. The molecule has 29 heavy (non-hydrogen) atoms. The van der Waals surface area contributed by atoms with Gasteiger partial charge < -0.3 is 19.9 Å². The first-order chi connectivity index (χ1) is 14.1. The van der Waals surface area contributed by atoms with E-state index in [1.54, 1.807) is 12.1 Å². The molecule has 0 atom stereocenters. The fraction of sp³-hybridized carbons (Fsp3) is 0.476. The van der Waals surface area contributed by atoms with Crippen LogP contribution in [-0.2, 0) is 9.53 Å². The van der Waals surface area contributed by atoms with E-state index in [1.807, 2.05) is 19.3 Å². The van der Waals surface area contributed by atoms with Crippen molar-refractivity contribution in [3.63, 3.8) is 0 Å². The summed E-state index contributed by atoms with van der Waals surface area (Å²) in [6, 6.07) is 4.84. The van der Waals surface area contributed by atoms with E-state index in [1.165, 1.54) is 6.07 Å². The lowest BCUT2D eigenvalue weighted by Gasteiger charge is -2.33. The highest BCUT2D eigenvalue weighted by Gasteiger charge is 2.26. The average molecular weight is 399 g/mol. The topological polar surface area (TPSA) is 70.6 Å². The summed E-state index contributed by atoms with van der Waals surface area (Å²) < 4.78 is 19.3. The number of rotatable bonds is 4. The van der Waals surface area contributed by atoms with E-state index in [9.17, 15) is 9.18 Å². The van der Waals surface area contributed by atoms with Crippen LogP contribution >= 0.6 is 0 Å². The Bertz CT molecular complexity index is 847. The van der Waals surface area contributed by atoms with Crippen molar-refractivity contribution in [2.24, 2.45) is 5.92 Å². The maximum atomic E-state index is 14.0. The van der Waals surface area contributed by atoms with Crippen molar-refractivity contribution in [2.75, 3.05) is 54.5 Å². The normalized spacial score (nSPS) is 18.0. The minimum Gasteiger partial charge on any atom is -0.378 e. The van der Waals surface area contributed by atoms with Crippen LogP contribution in [-0.4, -0.2) is 55.3 Å². The minimum atomic E-state index is -0.395. The van der Waals surface area contributed by atoms with Crippen molar-refractivity contribution in [3.05, 3.63) is 42.0 Å². The van der Waals surface area contributed by atoms with E-state index in [0.717, 1.165) is 43.4 Å². The smallest absolute Gasteiger partial charge is 0.227 e. The minimum absolute atomic E-state index is 0.119. The van der Waals surface area contributed by atoms with Crippen molar-refractivity contribution >= 4 is 23.2 Å². The van der Waals surface area contributed by atoms with Gasteiger partial charge in [-0.2, -0.15) is 0 Å². The summed E-state index contributed by atoms with van der Waals surface area (Å²) in [5.41, 5.74) is 2.04. The van der Waals surface area contributed by atoms with Crippen LogP contribution < -0.4 is 15.1 Å². The third kappa shape index (κ3) is 4.64. The molecular formula is C21H26FN5O2. The lowest BCUT2D eigenvalue weighted by Crippen LogP contribution is -2.39. The first-order valence-electron chi connectivity index (χ1n) is 10.1. The molecule has 4 rings (SSSR count). The second-order valence-electron chi connectivity index (χ2n) is 7.57. The molecule has 154 valence electrons. The van der Waals surface area contributed by atoms with E-state index < -0.39 is 5.82 Å². The zero-order chi connectivity index (χ0) is 20.2. The Hall–Kier alpha value is -2.74. The van der Waals surface area contributed by atoms with Crippen LogP contribution in [0.25, 0.3) is 0 Å². The summed E-state index contributed by atoms with van der Waals surface area (Å²) in [7, 11) is 0. The second-order valence-corrected chi connectivity index (χ2v) is 7.57. The lowest BCUT2D eigenvalue weighted by atomic mass is 9.95. The number of hydrogen-bond acceptors (Lipinski definition) is 6. The number of amides is 1. The predicted octanol–water partition coefficient (Wildman–Crippen LogP) is 2.62. The number of nitrogens with zero attached hydrogens (tertiary/aromatic N) is 4. The molecule has 3 heterocycles. The van der Waals surface area contributed by atoms with Crippen LogP contribution in [0.2, 0.25) is 0 Å².